The maximum absolute atomic E-state index is 12.6. The molecule has 2 amide bonds. The number of likely N-dealkylation sites (N-methyl/N-ethyl adjacent to an activating group) is 1. The molecule has 0 aromatic heterocycles. The Morgan fingerprint density at radius 2 is 1.72 bits per heavy atom. The van der Waals surface area contributed by atoms with Crippen LogP contribution in [-0.4, -0.2) is 78.9 Å². The molecule has 160 valence electrons. The van der Waals surface area contributed by atoms with Crippen molar-refractivity contribution in [1.29, 1.82) is 0 Å². The first kappa shape index (κ1) is 21.8. The van der Waals surface area contributed by atoms with E-state index in [9.17, 15) is 9.59 Å². The maximum Gasteiger partial charge on any atom is 0.233 e. The number of benzene rings is 1. The number of hydrogen-bond donors (Lipinski definition) is 1. The summed E-state index contributed by atoms with van der Waals surface area (Å²) in [7, 11) is 2.18. The number of nitrogens with one attached hydrogen (secondary N) is 1. The van der Waals surface area contributed by atoms with Crippen molar-refractivity contribution in [2.75, 3.05) is 51.6 Å². The van der Waals surface area contributed by atoms with Crippen LogP contribution in [0.1, 0.15) is 37.3 Å². The van der Waals surface area contributed by atoms with E-state index in [0.717, 1.165) is 68.9 Å². The molecule has 0 saturated carbocycles. The number of piperidine rings is 1. The largest absolute Gasteiger partial charge is 0.342 e. The molecule has 3 rings (SSSR count). The lowest BCUT2D eigenvalue weighted by Crippen LogP contribution is -2.52. The summed E-state index contributed by atoms with van der Waals surface area (Å²) in [5.74, 6) is 0.348. The molecule has 1 aromatic carbocycles. The lowest BCUT2D eigenvalue weighted by atomic mass is 9.89. The first-order valence-corrected chi connectivity index (χ1v) is 10.9. The van der Waals surface area contributed by atoms with Gasteiger partial charge in [0.25, 0.3) is 0 Å². The van der Waals surface area contributed by atoms with Crippen molar-refractivity contribution in [2.45, 2.75) is 46.1 Å². The molecule has 1 N–H and O–H groups in total. The van der Waals surface area contributed by atoms with Gasteiger partial charge in [-0.15, -0.1) is 0 Å². The Labute approximate surface area is 175 Å². The molecular weight excluding hydrogens is 364 g/mol. The average molecular weight is 401 g/mol. The standard InChI is InChI=1S/C23H36N4O2/c1-17-5-6-18(2)21(15-17)24-22(28)16-23(29)27-9-7-20(8-10-27)19(3)26-13-11-25(4)12-14-26/h5-6,15,19-20H,7-14,16H2,1-4H3,(H,24,28)/t19-/m1/s1. The number of piperazine rings is 1. The summed E-state index contributed by atoms with van der Waals surface area (Å²) in [6.07, 6.45) is 1.97. The van der Waals surface area contributed by atoms with Gasteiger partial charge in [0.05, 0.1) is 0 Å². The normalized spacial score (nSPS) is 20.5. The minimum atomic E-state index is -0.225. The summed E-state index contributed by atoms with van der Waals surface area (Å²) in [4.78, 5) is 31.8. The topological polar surface area (TPSA) is 55.9 Å². The molecule has 1 atom stereocenters. The summed E-state index contributed by atoms with van der Waals surface area (Å²) in [5.41, 5.74) is 2.89. The van der Waals surface area contributed by atoms with Crippen molar-refractivity contribution in [3.8, 4) is 0 Å². The summed E-state index contributed by atoms with van der Waals surface area (Å²) >= 11 is 0. The number of likely N-dealkylation sites (tertiary alicyclic amines) is 1. The summed E-state index contributed by atoms with van der Waals surface area (Å²) < 4.78 is 0. The Kier molecular flexibility index (Phi) is 7.30. The van der Waals surface area contributed by atoms with Gasteiger partial charge < -0.3 is 15.1 Å². The van der Waals surface area contributed by atoms with Crippen molar-refractivity contribution < 1.29 is 9.59 Å². The number of rotatable bonds is 5. The zero-order chi connectivity index (χ0) is 21.0. The number of hydrogen-bond acceptors (Lipinski definition) is 4. The van der Waals surface area contributed by atoms with Crippen molar-refractivity contribution in [2.24, 2.45) is 5.92 Å². The van der Waals surface area contributed by atoms with Crippen LogP contribution < -0.4 is 5.32 Å². The number of aryl methyl sites for hydroxylation is 2. The molecule has 29 heavy (non-hydrogen) atoms. The van der Waals surface area contributed by atoms with Gasteiger partial charge in [-0.1, -0.05) is 12.1 Å². The fourth-order valence-corrected chi connectivity index (χ4v) is 4.47. The molecule has 2 heterocycles. The summed E-state index contributed by atoms with van der Waals surface area (Å²) in [6.45, 7) is 12.4. The molecule has 2 aliphatic rings. The summed E-state index contributed by atoms with van der Waals surface area (Å²) in [5, 5.41) is 2.90. The quantitative estimate of drug-likeness (QED) is 0.772. The van der Waals surface area contributed by atoms with Crippen LogP contribution in [0.15, 0.2) is 18.2 Å². The number of amides is 2. The van der Waals surface area contributed by atoms with Crippen LogP contribution in [0.5, 0.6) is 0 Å². The molecular formula is C23H36N4O2. The Morgan fingerprint density at radius 1 is 1.07 bits per heavy atom. The highest BCUT2D eigenvalue weighted by atomic mass is 16.2. The van der Waals surface area contributed by atoms with Gasteiger partial charge in [-0.05, 0) is 63.8 Å². The van der Waals surface area contributed by atoms with E-state index in [2.05, 4.69) is 29.1 Å². The van der Waals surface area contributed by atoms with E-state index in [1.54, 1.807) is 0 Å². The zero-order valence-corrected chi connectivity index (χ0v) is 18.4. The third-order valence-corrected chi connectivity index (χ3v) is 6.67. The van der Waals surface area contributed by atoms with E-state index in [1.807, 2.05) is 36.9 Å². The number of carbonyl (C=O) groups is 2. The lowest BCUT2D eigenvalue weighted by Gasteiger charge is -2.42. The maximum atomic E-state index is 12.6. The molecule has 1 aromatic rings. The highest BCUT2D eigenvalue weighted by molar-refractivity contribution is 6.03. The first-order valence-electron chi connectivity index (χ1n) is 10.9. The van der Waals surface area contributed by atoms with E-state index >= 15 is 0 Å². The third-order valence-electron chi connectivity index (χ3n) is 6.67. The highest BCUT2D eigenvalue weighted by Crippen LogP contribution is 2.25. The molecule has 2 fully saturated rings. The molecule has 2 aliphatic heterocycles. The molecule has 6 nitrogen and oxygen atoms in total. The van der Waals surface area contributed by atoms with Gasteiger partial charge in [-0.2, -0.15) is 0 Å². The van der Waals surface area contributed by atoms with E-state index < -0.39 is 0 Å². The minimum absolute atomic E-state index is 0.0569. The van der Waals surface area contributed by atoms with Crippen molar-refractivity contribution in [3.63, 3.8) is 0 Å². The second-order valence-electron chi connectivity index (χ2n) is 8.84. The number of anilines is 1. The van der Waals surface area contributed by atoms with Gasteiger partial charge in [0.1, 0.15) is 6.42 Å². The lowest BCUT2D eigenvalue weighted by molar-refractivity contribution is -0.136. The highest BCUT2D eigenvalue weighted by Gasteiger charge is 2.30. The first-order chi connectivity index (χ1) is 13.8. The van der Waals surface area contributed by atoms with E-state index in [0.29, 0.717) is 12.0 Å². The Bertz CT molecular complexity index is 720. The van der Waals surface area contributed by atoms with E-state index in [4.69, 9.17) is 0 Å². The summed E-state index contributed by atoms with van der Waals surface area (Å²) in [6, 6.07) is 6.51. The van der Waals surface area contributed by atoms with Gasteiger partial charge in [-0.3, -0.25) is 14.5 Å². The Morgan fingerprint density at radius 3 is 2.38 bits per heavy atom. The predicted octanol–water partition coefficient (Wildman–Crippen LogP) is 2.51. The van der Waals surface area contributed by atoms with Gasteiger partial charge in [0, 0.05) is 51.0 Å². The second kappa shape index (κ2) is 9.72. The molecule has 6 heteroatoms. The van der Waals surface area contributed by atoms with Gasteiger partial charge in [0.15, 0.2) is 0 Å². The second-order valence-corrected chi connectivity index (χ2v) is 8.84. The zero-order valence-electron chi connectivity index (χ0n) is 18.4. The predicted molar refractivity (Wildman–Crippen MR) is 117 cm³/mol. The van der Waals surface area contributed by atoms with Crippen LogP contribution >= 0.6 is 0 Å². The Hall–Kier alpha value is -1.92. The minimum Gasteiger partial charge on any atom is -0.342 e. The molecule has 0 radical (unpaired) electrons. The van der Waals surface area contributed by atoms with Crippen LogP contribution in [0.3, 0.4) is 0 Å². The van der Waals surface area contributed by atoms with Crippen LogP contribution in [0.2, 0.25) is 0 Å². The van der Waals surface area contributed by atoms with E-state index in [-0.39, 0.29) is 18.2 Å². The monoisotopic (exact) mass is 400 g/mol. The van der Waals surface area contributed by atoms with Gasteiger partial charge >= 0.3 is 0 Å². The number of carbonyl (C=O) groups excluding carboxylic acids is 2. The number of nitrogens with zero attached hydrogens (tertiary/aromatic N) is 3. The van der Waals surface area contributed by atoms with E-state index in [1.165, 1.54) is 0 Å². The SMILES string of the molecule is Cc1ccc(C)c(NC(=O)CC(=O)N2CCC([C@@H](C)N3CCN(C)CC3)CC2)c1. The fourth-order valence-electron chi connectivity index (χ4n) is 4.47. The van der Waals surface area contributed by atoms with Crippen LogP contribution in [-0.2, 0) is 9.59 Å². The fraction of sp³-hybridized carbons (Fsp3) is 0.652. The smallest absolute Gasteiger partial charge is 0.233 e. The average Bonchev–Trinajstić information content (AvgIpc) is 2.71. The van der Waals surface area contributed by atoms with Crippen LogP contribution in [0.4, 0.5) is 5.69 Å². The van der Waals surface area contributed by atoms with Crippen molar-refractivity contribution in [1.82, 2.24) is 14.7 Å². The third kappa shape index (κ3) is 5.80. The van der Waals surface area contributed by atoms with Crippen molar-refractivity contribution >= 4 is 17.5 Å². The molecule has 0 bridgehead atoms. The van der Waals surface area contributed by atoms with Gasteiger partial charge in [0.2, 0.25) is 11.8 Å². The van der Waals surface area contributed by atoms with Crippen LogP contribution in [0.25, 0.3) is 0 Å². The Balaban J connectivity index is 1.44. The van der Waals surface area contributed by atoms with Gasteiger partial charge in [-0.25, -0.2) is 0 Å². The molecule has 2 saturated heterocycles. The molecule has 0 aliphatic carbocycles. The van der Waals surface area contributed by atoms with Crippen LogP contribution in [0, 0.1) is 19.8 Å². The molecule has 0 unspecified atom stereocenters. The van der Waals surface area contributed by atoms with Crippen molar-refractivity contribution in [3.05, 3.63) is 29.3 Å². The molecule has 0 spiro atoms.